The fourth-order valence-electron chi connectivity index (χ4n) is 2.62. The second kappa shape index (κ2) is 9.07. The van der Waals surface area contributed by atoms with E-state index in [0.717, 1.165) is 0 Å². The van der Waals surface area contributed by atoms with Crippen molar-refractivity contribution < 1.29 is 19.1 Å². The van der Waals surface area contributed by atoms with Gasteiger partial charge >= 0.3 is 0 Å². The van der Waals surface area contributed by atoms with E-state index in [-0.39, 0.29) is 11.1 Å². The van der Waals surface area contributed by atoms with E-state index in [1.165, 1.54) is 26.5 Å². The predicted molar refractivity (Wildman–Crippen MR) is 111 cm³/mol. The first-order valence-corrected chi connectivity index (χ1v) is 8.95. The number of pyridine rings is 1. The molecule has 3 rings (SSSR count). The molecule has 0 radical (unpaired) electrons. The van der Waals surface area contributed by atoms with Crippen LogP contribution in [0.1, 0.15) is 20.7 Å². The number of anilines is 2. The highest BCUT2D eigenvalue weighted by molar-refractivity contribution is 6.29. The number of benzene rings is 2. The standard InChI is InChI=1S/C21H18ClN3O4/c1-28-17-12-16(25-21(27)14-8-9-23-19(22)10-14)18(29-2)11-15(17)24-20(26)13-6-4-3-5-7-13/h3-12H,1-2H3,(H,24,26)(H,25,27). The van der Waals surface area contributed by atoms with Gasteiger partial charge in [-0.3, -0.25) is 9.59 Å². The van der Waals surface area contributed by atoms with Crippen molar-refractivity contribution >= 4 is 34.8 Å². The van der Waals surface area contributed by atoms with Crippen LogP contribution in [0.25, 0.3) is 0 Å². The highest BCUT2D eigenvalue weighted by Gasteiger charge is 2.17. The lowest BCUT2D eigenvalue weighted by Gasteiger charge is -2.16. The van der Waals surface area contributed by atoms with Crippen molar-refractivity contribution in [2.24, 2.45) is 0 Å². The van der Waals surface area contributed by atoms with E-state index < -0.39 is 5.91 Å². The maximum Gasteiger partial charge on any atom is 0.255 e. The van der Waals surface area contributed by atoms with Crippen molar-refractivity contribution in [2.75, 3.05) is 24.9 Å². The summed E-state index contributed by atoms with van der Waals surface area (Å²) in [5.41, 5.74) is 1.62. The summed E-state index contributed by atoms with van der Waals surface area (Å²) < 4.78 is 10.7. The Morgan fingerprint density at radius 1 is 0.828 bits per heavy atom. The molecule has 0 unspecified atom stereocenters. The molecule has 2 aromatic carbocycles. The summed E-state index contributed by atoms with van der Waals surface area (Å²) in [4.78, 5) is 28.8. The highest BCUT2D eigenvalue weighted by Crippen LogP contribution is 2.37. The van der Waals surface area contributed by atoms with Gasteiger partial charge in [-0.2, -0.15) is 0 Å². The van der Waals surface area contributed by atoms with Crippen molar-refractivity contribution in [2.45, 2.75) is 0 Å². The van der Waals surface area contributed by atoms with Gasteiger partial charge in [0.1, 0.15) is 16.7 Å². The van der Waals surface area contributed by atoms with E-state index in [1.54, 1.807) is 42.5 Å². The number of aromatic nitrogens is 1. The number of hydrogen-bond acceptors (Lipinski definition) is 5. The first-order valence-electron chi connectivity index (χ1n) is 8.57. The molecule has 0 saturated carbocycles. The minimum absolute atomic E-state index is 0.209. The van der Waals surface area contributed by atoms with Crippen LogP contribution in [-0.4, -0.2) is 31.0 Å². The zero-order valence-corrected chi connectivity index (χ0v) is 16.5. The third kappa shape index (κ3) is 4.83. The molecule has 0 bridgehead atoms. The Bertz CT molecular complexity index is 1040. The normalized spacial score (nSPS) is 10.2. The molecule has 3 aromatic rings. The van der Waals surface area contributed by atoms with Crippen LogP contribution in [0.2, 0.25) is 5.15 Å². The lowest BCUT2D eigenvalue weighted by Crippen LogP contribution is -2.15. The molecule has 2 amide bonds. The van der Waals surface area contributed by atoms with Crippen molar-refractivity contribution in [3.05, 3.63) is 77.1 Å². The molecular formula is C21H18ClN3O4. The van der Waals surface area contributed by atoms with E-state index >= 15 is 0 Å². The van der Waals surface area contributed by atoms with Crippen LogP contribution in [0.3, 0.4) is 0 Å². The third-order valence-electron chi connectivity index (χ3n) is 4.04. The van der Waals surface area contributed by atoms with Gasteiger partial charge in [0.25, 0.3) is 11.8 Å². The molecule has 1 heterocycles. The summed E-state index contributed by atoms with van der Waals surface area (Å²) in [5, 5.41) is 5.75. The molecule has 0 fully saturated rings. The van der Waals surface area contributed by atoms with Crippen molar-refractivity contribution in [3.8, 4) is 11.5 Å². The van der Waals surface area contributed by atoms with Gasteiger partial charge in [0.2, 0.25) is 0 Å². The van der Waals surface area contributed by atoms with Crippen LogP contribution in [0.5, 0.6) is 11.5 Å². The Labute approximate surface area is 172 Å². The molecule has 7 nitrogen and oxygen atoms in total. The SMILES string of the molecule is COc1cc(NC(=O)c2ccnc(Cl)c2)c(OC)cc1NC(=O)c1ccccc1. The topological polar surface area (TPSA) is 89.6 Å². The van der Waals surface area contributed by atoms with E-state index in [2.05, 4.69) is 15.6 Å². The van der Waals surface area contributed by atoms with Gasteiger partial charge in [-0.05, 0) is 24.3 Å². The summed E-state index contributed by atoms with van der Waals surface area (Å²) in [6.45, 7) is 0. The Kier molecular flexibility index (Phi) is 6.31. The molecule has 2 N–H and O–H groups in total. The molecule has 0 aliphatic heterocycles. The molecule has 29 heavy (non-hydrogen) atoms. The summed E-state index contributed by atoms with van der Waals surface area (Å²) in [5.74, 6) is 0.0192. The Morgan fingerprint density at radius 3 is 1.90 bits per heavy atom. The zero-order chi connectivity index (χ0) is 20.8. The minimum atomic E-state index is -0.393. The van der Waals surface area contributed by atoms with Gasteiger partial charge in [-0.1, -0.05) is 29.8 Å². The van der Waals surface area contributed by atoms with Crippen molar-refractivity contribution in [1.29, 1.82) is 0 Å². The summed E-state index contributed by atoms with van der Waals surface area (Å²) in [7, 11) is 2.93. The van der Waals surface area contributed by atoms with Gasteiger partial charge in [-0.15, -0.1) is 0 Å². The lowest BCUT2D eigenvalue weighted by atomic mass is 10.2. The van der Waals surface area contributed by atoms with Crippen LogP contribution in [0, 0.1) is 0 Å². The van der Waals surface area contributed by atoms with Gasteiger partial charge in [0, 0.05) is 29.5 Å². The molecule has 148 valence electrons. The second-order valence-corrected chi connectivity index (χ2v) is 6.28. The largest absolute Gasteiger partial charge is 0.494 e. The molecule has 0 aliphatic carbocycles. The number of methoxy groups -OCH3 is 2. The number of halogens is 1. The van der Waals surface area contributed by atoms with Crippen LogP contribution < -0.4 is 20.1 Å². The van der Waals surface area contributed by atoms with Gasteiger partial charge in [0.15, 0.2) is 0 Å². The fourth-order valence-corrected chi connectivity index (χ4v) is 2.79. The van der Waals surface area contributed by atoms with Crippen LogP contribution in [0.15, 0.2) is 60.8 Å². The van der Waals surface area contributed by atoms with Gasteiger partial charge in [-0.25, -0.2) is 4.98 Å². The number of amides is 2. The number of carbonyl (C=O) groups is 2. The van der Waals surface area contributed by atoms with Gasteiger partial charge < -0.3 is 20.1 Å². The predicted octanol–water partition coefficient (Wildman–Crippen LogP) is 4.26. The van der Waals surface area contributed by atoms with E-state index in [9.17, 15) is 9.59 Å². The fraction of sp³-hybridized carbons (Fsp3) is 0.0952. The molecule has 0 atom stereocenters. The molecule has 1 aromatic heterocycles. The first kappa shape index (κ1) is 20.2. The highest BCUT2D eigenvalue weighted by atomic mass is 35.5. The number of hydrogen-bond donors (Lipinski definition) is 2. The van der Waals surface area contributed by atoms with Crippen LogP contribution >= 0.6 is 11.6 Å². The number of nitrogens with zero attached hydrogens (tertiary/aromatic N) is 1. The Morgan fingerprint density at radius 2 is 1.38 bits per heavy atom. The third-order valence-corrected chi connectivity index (χ3v) is 4.25. The monoisotopic (exact) mass is 411 g/mol. The van der Waals surface area contributed by atoms with E-state index in [1.807, 2.05) is 6.07 Å². The summed E-state index contributed by atoms with van der Waals surface area (Å²) in [6.07, 6.45) is 1.44. The van der Waals surface area contributed by atoms with Crippen LogP contribution in [0.4, 0.5) is 11.4 Å². The number of rotatable bonds is 6. The zero-order valence-electron chi connectivity index (χ0n) is 15.7. The average Bonchev–Trinajstić information content (AvgIpc) is 2.74. The molecule has 0 aliphatic rings. The number of carbonyl (C=O) groups excluding carboxylic acids is 2. The maximum atomic E-state index is 12.5. The summed E-state index contributed by atoms with van der Waals surface area (Å²) >= 11 is 5.84. The van der Waals surface area contributed by atoms with Crippen molar-refractivity contribution in [1.82, 2.24) is 4.98 Å². The first-order chi connectivity index (χ1) is 14.0. The molecule has 0 saturated heterocycles. The number of nitrogens with one attached hydrogen (secondary N) is 2. The van der Waals surface area contributed by atoms with E-state index in [4.69, 9.17) is 21.1 Å². The smallest absolute Gasteiger partial charge is 0.255 e. The Balaban J connectivity index is 1.88. The number of ether oxygens (including phenoxy) is 2. The second-order valence-electron chi connectivity index (χ2n) is 5.89. The average molecular weight is 412 g/mol. The maximum absolute atomic E-state index is 12.5. The summed E-state index contributed by atoms with van der Waals surface area (Å²) in [6, 6.07) is 14.9. The molecular weight excluding hydrogens is 394 g/mol. The van der Waals surface area contributed by atoms with E-state index in [0.29, 0.717) is 34.0 Å². The van der Waals surface area contributed by atoms with Gasteiger partial charge in [0.05, 0.1) is 25.6 Å². The minimum Gasteiger partial charge on any atom is -0.494 e. The Hall–Kier alpha value is -3.58. The quantitative estimate of drug-likeness (QED) is 0.591. The van der Waals surface area contributed by atoms with Crippen LogP contribution in [-0.2, 0) is 0 Å². The molecule has 0 spiro atoms. The van der Waals surface area contributed by atoms with Crippen molar-refractivity contribution in [3.63, 3.8) is 0 Å². The lowest BCUT2D eigenvalue weighted by molar-refractivity contribution is 0.101. The molecule has 8 heteroatoms.